The smallest absolute Gasteiger partial charge is 0.338 e. The molecule has 23 heavy (non-hydrogen) atoms. The molecule has 2 N–H and O–H groups in total. The molecule has 0 fully saturated rings. The number of nitrogens with zero attached hydrogens (tertiary/aromatic N) is 1. The molecule has 0 aliphatic rings. The van der Waals surface area contributed by atoms with E-state index in [1.165, 1.54) is 42.6 Å². The molecule has 1 heterocycles. The van der Waals surface area contributed by atoms with Crippen LogP contribution in [0.1, 0.15) is 38.1 Å². The second kappa shape index (κ2) is 7.17. The van der Waals surface area contributed by atoms with Gasteiger partial charge in [0.05, 0.1) is 17.7 Å². The molecular formula is C16H14N2O5. The predicted octanol–water partition coefficient (Wildman–Crippen LogP) is 2.21. The van der Waals surface area contributed by atoms with E-state index < -0.39 is 17.8 Å². The molecule has 1 aromatic carbocycles. The van der Waals surface area contributed by atoms with Gasteiger partial charge in [-0.05, 0) is 43.3 Å². The summed E-state index contributed by atoms with van der Waals surface area (Å²) in [5, 5.41) is 11.6. The highest BCUT2D eigenvalue weighted by molar-refractivity contribution is 6.09. The molecule has 0 saturated carbocycles. The van der Waals surface area contributed by atoms with Gasteiger partial charge in [0, 0.05) is 11.9 Å². The van der Waals surface area contributed by atoms with Crippen molar-refractivity contribution in [3.63, 3.8) is 0 Å². The minimum Gasteiger partial charge on any atom is -0.478 e. The van der Waals surface area contributed by atoms with E-state index in [4.69, 9.17) is 9.84 Å². The monoisotopic (exact) mass is 314 g/mol. The molecule has 118 valence electrons. The van der Waals surface area contributed by atoms with E-state index in [1.807, 2.05) is 0 Å². The van der Waals surface area contributed by atoms with Crippen LogP contribution in [-0.4, -0.2) is 34.5 Å². The summed E-state index contributed by atoms with van der Waals surface area (Å²) in [4.78, 5) is 38.6. The second-order valence-corrected chi connectivity index (χ2v) is 4.46. The summed E-state index contributed by atoms with van der Waals surface area (Å²) in [6, 6.07) is 8.79. The van der Waals surface area contributed by atoms with Gasteiger partial charge >= 0.3 is 11.9 Å². The van der Waals surface area contributed by atoms with E-state index in [1.54, 1.807) is 6.92 Å². The number of hydrogen-bond donors (Lipinski definition) is 2. The fourth-order valence-corrected chi connectivity index (χ4v) is 1.85. The Morgan fingerprint density at radius 1 is 1.17 bits per heavy atom. The number of carbonyl (C=O) groups is 3. The SMILES string of the molecule is CCOC(=O)c1ccc(NC(=O)c2ncccc2C(=O)O)cc1. The Hall–Kier alpha value is -3.22. The zero-order valence-corrected chi connectivity index (χ0v) is 12.3. The zero-order chi connectivity index (χ0) is 16.8. The van der Waals surface area contributed by atoms with Crippen molar-refractivity contribution in [3.8, 4) is 0 Å². The van der Waals surface area contributed by atoms with Crippen molar-refractivity contribution >= 4 is 23.5 Å². The number of nitrogens with one attached hydrogen (secondary N) is 1. The summed E-state index contributed by atoms with van der Waals surface area (Å²) in [6.45, 7) is 1.98. The first kappa shape index (κ1) is 16.2. The van der Waals surface area contributed by atoms with Crippen LogP contribution in [0.3, 0.4) is 0 Å². The lowest BCUT2D eigenvalue weighted by molar-refractivity contribution is 0.0525. The Labute approximate surface area is 131 Å². The fourth-order valence-electron chi connectivity index (χ4n) is 1.85. The Kier molecular flexibility index (Phi) is 5.03. The highest BCUT2D eigenvalue weighted by Gasteiger charge is 2.17. The van der Waals surface area contributed by atoms with Crippen LogP contribution in [0.15, 0.2) is 42.6 Å². The molecule has 1 amide bonds. The van der Waals surface area contributed by atoms with Crippen molar-refractivity contribution < 1.29 is 24.2 Å². The van der Waals surface area contributed by atoms with Crippen molar-refractivity contribution in [2.45, 2.75) is 6.92 Å². The second-order valence-electron chi connectivity index (χ2n) is 4.46. The van der Waals surface area contributed by atoms with Crippen LogP contribution in [0.2, 0.25) is 0 Å². The molecule has 0 atom stereocenters. The Morgan fingerprint density at radius 3 is 2.48 bits per heavy atom. The number of anilines is 1. The lowest BCUT2D eigenvalue weighted by Crippen LogP contribution is -2.18. The Morgan fingerprint density at radius 2 is 1.87 bits per heavy atom. The lowest BCUT2D eigenvalue weighted by atomic mass is 10.1. The third-order valence-electron chi connectivity index (χ3n) is 2.91. The number of rotatable bonds is 5. The average molecular weight is 314 g/mol. The van der Waals surface area contributed by atoms with Gasteiger partial charge in [0.1, 0.15) is 5.69 Å². The van der Waals surface area contributed by atoms with Crippen molar-refractivity contribution in [3.05, 3.63) is 59.4 Å². The lowest BCUT2D eigenvalue weighted by Gasteiger charge is -2.07. The summed E-state index contributed by atoms with van der Waals surface area (Å²) >= 11 is 0. The molecule has 7 heteroatoms. The maximum absolute atomic E-state index is 12.1. The molecule has 0 spiro atoms. The van der Waals surface area contributed by atoms with E-state index in [9.17, 15) is 14.4 Å². The largest absolute Gasteiger partial charge is 0.478 e. The highest BCUT2D eigenvalue weighted by Crippen LogP contribution is 2.13. The number of carboxylic acids is 1. The van der Waals surface area contributed by atoms with E-state index in [0.29, 0.717) is 11.3 Å². The topological polar surface area (TPSA) is 106 Å². The Balaban J connectivity index is 2.15. The van der Waals surface area contributed by atoms with Crippen molar-refractivity contribution in [2.24, 2.45) is 0 Å². The first-order valence-electron chi connectivity index (χ1n) is 6.79. The maximum Gasteiger partial charge on any atom is 0.338 e. The van der Waals surface area contributed by atoms with E-state index in [2.05, 4.69) is 10.3 Å². The molecule has 1 aromatic heterocycles. The van der Waals surface area contributed by atoms with Crippen molar-refractivity contribution in [1.82, 2.24) is 4.98 Å². The first-order chi connectivity index (χ1) is 11.0. The van der Waals surface area contributed by atoms with Gasteiger partial charge in [0.25, 0.3) is 5.91 Å². The first-order valence-corrected chi connectivity index (χ1v) is 6.79. The minimum absolute atomic E-state index is 0.186. The molecule has 0 aliphatic carbocycles. The number of esters is 1. The summed E-state index contributed by atoms with van der Waals surface area (Å²) in [5.41, 5.74) is 0.390. The number of amides is 1. The third kappa shape index (κ3) is 3.91. The van der Waals surface area contributed by atoms with Gasteiger partial charge in [-0.3, -0.25) is 9.78 Å². The molecule has 0 aliphatic heterocycles. The van der Waals surface area contributed by atoms with Gasteiger partial charge < -0.3 is 15.2 Å². The van der Waals surface area contributed by atoms with Gasteiger partial charge in [0.15, 0.2) is 0 Å². The molecule has 0 radical (unpaired) electrons. The van der Waals surface area contributed by atoms with Crippen LogP contribution < -0.4 is 5.32 Å². The van der Waals surface area contributed by atoms with Gasteiger partial charge in [-0.1, -0.05) is 0 Å². The molecule has 0 unspecified atom stereocenters. The van der Waals surface area contributed by atoms with Gasteiger partial charge in [-0.2, -0.15) is 0 Å². The number of aromatic nitrogens is 1. The summed E-state index contributed by atoms with van der Waals surface area (Å²) in [5.74, 6) is -2.34. The minimum atomic E-state index is -1.24. The maximum atomic E-state index is 12.1. The van der Waals surface area contributed by atoms with Crippen molar-refractivity contribution in [1.29, 1.82) is 0 Å². The van der Waals surface area contributed by atoms with Gasteiger partial charge in [0.2, 0.25) is 0 Å². The van der Waals surface area contributed by atoms with Crippen LogP contribution in [0.5, 0.6) is 0 Å². The average Bonchev–Trinajstić information content (AvgIpc) is 2.55. The normalized spacial score (nSPS) is 9.96. The van der Waals surface area contributed by atoms with E-state index in [0.717, 1.165) is 0 Å². The fraction of sp³-hybridized carbons (Fsp3) is 0.125. The van der Waals surface area contributed by atoms with Crippen LogP contribution in [0.25, 0.3) is 0 Å². The number of ether oxygens (including phenoxy) is 1. The van der Waals surface area contributed by atoms with Crippen molar-refractivity contribution in [2.75, 3.05) is 11.9 Å². The molecule has 0 saturated heterocycles. The predicted molar refractivity (Wildman–Crippen MR) is 81.5 cm³/mol. The molecule has 0 bridgehead atoms. The quantitative estimate of drug-likeness (QED) is 0.820. The number of aromatic carboxylic acids is 1. The number of carboxylic acid groups (broad SMARTS) is 1. The van der Waals surface area contributed by atoms with E-state index >= 15 is 0 Å². The van der Waals surface area contributed by atoms with Crippen LogP contribution in [0.4, 0.5) is 5.69 Å². The standard InChI is InChI=1S/C16H14N2O5/c1-2-23-16(22)10-5-7-11(8-6-10)18-14(19)13-12(15(20)21)4-3-9-17-13/h3-9H,2H2,1H3,(H,18,19)(H,20,21). The number of hydrogen-bond acceptors (Lipinski definition) is 5. The van der Waals surface area contributed by atoms with Crippen LogP contribution in [0, 0.1) is 0 Å². The van der Waals surface area contributed by atoms with Gasteiger partial charge in [-0.25, -0.2) is 9.59 Å². The molecule has 2 aromatic rings. The highest BCUT2D eigenvalue weighted by atomic mass is 16.5. The summed E-state index contributed by atoms with van der Waals surface area (Å²) in [6.07, 6.45) is 1.34. The third-order valence-corrected chi connectivity index (χ3v) is 2.91. The number of benzene rings is 1. The summed E-state index contributed by atoms with van der Waals surface area (Å²) in [7, 11) is 0. The van der Waals surface area contributed by atoms with E-state index in [-0.39, 0.29) is 17.9 Å². The Bertz CT molecular complexity index is 740. The molecule has 7 nitrogen and oxygen atoms in total. The molecular weight excluding hydrogens is 300 g/mol. The van der Waals surface area contributed by atoms with Crippen LogP contribution in [-0.2, 0) is 4.74 Å². The van der Waals surface area contributed by atoms with Crippen LogP contribution >= 0.6 is 0 Å². The zero-order valence-electron chi connectivity index (χ0n) is 12.3. The summed E-state index contributed by atoms with van der Waals surface area (Å²) < 4.78 is 4.86. The number of carbonyl (C=O) groups excluding carboxylic acids is 2. The number of pyridine rings is 1. The molecule has 2 rings (SSSR count). The van der Waals surface area contributed by atoms with Gasteiger partial charge in [-0.15, -0.1) is 0 Å².